The van der Waals surface area contributed by atoms with Crippen molar-refractivity contribution in [3.8, 4) is 0 Å². The fraction of sp³-hybridized carbons (Fsp3) is 0.792. The van der Waals surface area contributed by atoms with Crippen LogP contribution in [0, 0.1) is 5.92 Å². The Morgan fingerprint density at radius 1 is 0.914 bits per heavy atom. The molecular formula is C24H44N6O5. The number of rotatable bonds is 14. The van der Waals surface area contributed by atoms with Crippen LogP contribution in [-0.4, -0.2) is 84.3 Å². The van der Waals surface area contributed by atoms with Gasteiger partial charge in [0.05, 0.1) is 31.7 Å². The maximum Gasteiger partial charge on any atom is 0.242 e. The van der Waals surface area contributed by atoms with Crippen LogP contribution >= 0.6 is 0 Å². The van der Waals surface area contributed by atoms with Crippen molar-refractivity contribution < 1.29 is 24.0 Å². The topological polar surface area (TPSA) is 149 Å². The van der Waals surface area contributed by atoms with E-state index in [0.29, 0.717) is 12.5 Å². The highest BCUT2D eigenvalue weighted by Crippen LogP contribution is 2.36. The predicted octanol–water partition coefficient (Wildman–Crippen LogP) is -0.347. The largest absolute Gasteiger partial charge is 0.350 e. The maximum absolute atomic E-state index is 13.1. The summed E-state index contributed by atoms with van der Waals surface area (Å²) in [5, 5.41) is 13.6. The number of nitrogens with one attached hydrogen (secondary N) is 5. The van der Waals surface area contributed by atoms with E-state index in [9.17, 15) is 24.0 Å². The summed E-state index contributed by atoms with van der Waals surface area (Å²) < 4.78 is 0. The molecule has 5 N–H and O–H groups in total. The van der Waals surface area contributed by atoms with E-state index in [1.54, 1.807) is 4.90 Å². The Kier molecular flexibility index (Phi) is 12.1. The van der Waals surface area contributed by atoms with Crippen molar-refractivity contribution in [1.29, 1.82) is 0 Å². The molecule has 0 bridgehead atoms. The summed E-state index contributed by atoms with van der Waals surface area (Å²) in [7, 11) is 0. The minimum Gasteiger partial charge on any atom is -0.350 e. The molecule has 1 aliphatic rings. The van der Waals surface area contributed by atoms with Crippen LogP contribution in [0.25, 0.3) is 0 Å². The fourth-order valence-electron chi connectivity index (χ4n) is 3.79. The van der Waals surface area contributed by atoms with Crippen LogP contribution in [0.5, 0.6) is 0 Å². The monoisotopic (exact) mass is 496 g/mol. The molecule has 200 valence electrons. The lowest BCUT2D eigenvalue weighted by Crippen LogP contribution is -2.54. The van der Waals surface area contributed by atoms with Gasteiger partial charge in [-0.2, -0.15) is 0 Å². The van der Waals surface area contributed by atoms with E-state index in [0.717, 1.165) is 19.3 Å². The molecule has 1 heterocycles. The Bertz CT molecular complexity index is 764. The van der Waals surface area contributed by atoms with Crippen molar-refractivity contribution >= 4 is 29.5 Å². The highest BCUT2D eigenvalue weighted by atomic mass is 16.2. The average Bonchev–Trinajstić information content (AvgIpc) is 3.42. The van der Waals surface area contributed by atoms with Crippen LogP contribution < -0.4 is 26.6 Å². The second-order valence-corrected chi connectivity index (χ2v) is 10.5. The van der Waals surface area contributed by atoms with Gasteiger partial charge in [0, 0.05) is 12.5 Å². The van der Waals surface area contributed by atoms with Gasteiger partial charge in [0.1, 0.15) is 6.04 Å². The van der Waals surface area contributed by atoms with Crippen LogP contribution in [0.1, 0.15) is 67.7 Å². The Morgan fingerprint density at radius 3 is 2.00 bits per heavy atom. The highest BCUT2D eigenvalue weighted by Gasteiger charge is 2.56. The van der Waals surface area contributed by atoms with E-state index >= 15 is 0 Å². The van der Waals surface area contributed by atoms with Gasteiger partial charge >= 0.3 is 0 Å². The molecule has 0 aromatic rings. The molecule has 11 heteroatoms. The third kappa shape index (κ3) is 11.5. The minimum absolute atomic E-state index is 0.0957. The molecule has 1 saturated heterocycles. The first-order valence-electron chi connectivity index (χ1n) is 12.4. The number of nitrogens with zero attached hydrogens (tertiary/aromatic N) is 1. The normalized spacial score (nSPS) is 18.0. The molecule has 1 rings (SSSR count). The van der Waals surface area contributed by atoms with E-state index in [-0.39, 0.29) is 49.4 Å². The van der Waals surface area contributed by atoms with Gasteiger partial charge in [0.25, 0.3) is 0 Å². The van der Waals surface area contributed by atoms with Gasteiger partial charge < -0.3 is 31.5 Å². The van der Waals surface area contributed by atoms with Crippen LogP contribution in [0.3, 0.4) is 0 Å². The van der Waals surface area contributed by atoms with Gasteiger partial charge in [0.15, 0.2) is 0 Å². The number of hydrogen-bond acceptors (Lipinski definition) is 6. The smallest absolute Gasteiger partial charge is 0.242 e. The number of hydrogen-bond donors (Lipinski definition) is 5. The second-order valence-electron chi connectivity index (χ2n) is 10.5. The summed E-state index contributed by atoms with van der Waals surface area (Å²) in [4.78, 5) is 62.3. The van der Waals surface area contributed by atoms with Gasteiger partial charge in [-0.15, -0.1) is 0 Å². The van der Waals surface area contributed by atoms with Crippen molar-refractivity contribution in [2.45, 2.75) is 91.4 Å². The van der Waals surface area contributed by atoms with Crippen LogP contribution in [0.2, 0.25) is 0 Å². The first-order chi connectivity index (χ1) is 16.3. The molecule has 5 amide bonds. The van der Waals surface area contributed by atoms with E-state index in [1.165, 1.54) is 6.92 Å². The maximum atomic E-state index is 13.1. The van der Waals surface area contributed by atoms with Gasteiger partial charge in [-0.3, -0.25) is 24.0 Å². The average molecular weight is 497 g/mol. The summed E-state index contributed by atoms with van der Waals surface area (Å²) in [6, 6.07) is -0.933. The molecule has 35 heavy (non-hydrogen) atoms. The molecule has 0 saturated carbocycles. The standard InChI is InChI=1S/C24H44N6O5/c1-8-9-10-25-21(23(35)29-24(5,6)7)22-17(11-15(2)3)30(22)20(34)14-28-19(33)13-27-18(32)12-26-16(4)31/h15,17,21-22,25H,8-14H2,1-7H3,(H,26,31)(H,27,32)(H,28,33)(H,29,35)/t17-,21-,22?,30?/m0/s1. The Hall–Kier alpha value is -2.69. The van der Waals surface area contributed by atoms with E-state index < -0.39 is 23.4 Å². The summed E-state index contributed by atoms with van der Waals surface area (Å²) in [5.74, 6) is -1.46. The first-order valence-corrected chi connectivity index (χ1v) is 12.4. The SMILES string of the molecule is CCCCN[C@H](C(=O)NC(C)(C)C)C1[C@H](CC(C)C)N1C(=O)CNC(=O)CNC(=O)CNC(C)=O. The Morgan fingerprint density at radius 2 is 1.49 bits per heavy atom. The van der Waals surface area contributed by atoms with Crippen molar-refractivity contribution in [1.82, 2.24) is 31.5 Å². The van der Waals surface area contributed by atoms with Crippen molar-refractivity contribution in [2.75, 3.05) is 26.2 Å². The van der Waals surface area contributed by atoms with Crippen molar-refractivity contribution in [3.05, 3.63) is 0 Å². The second kappa shape index (κ2) is 14.0. The zero-order chi connectivity index (χ0) is 26.8. The van der Waals surface area contributed by atoms with Crippen LogP contribution in [-0.2, 0) is 24.0 Å². The molecule has 0 aromatic carbocycles. The molecule has 11 nitrogen and oxygen atoms in total. The van der Waals surface area contributed by atoms with Crippen LogP contribution in [0.15, 0.2) is 0 Å². The molecule has 0 aliphatic carbocycles. The zero-order valence-electron chi connectivity index (χ0n) is 22.2. The quantitative estimate of drug-likeness (QED) is 0.164. The summed E-state index contributed by atoms with van der Waals surface area (Å²) in [5.41, 5.74) is -0.405. The van der Waals surface area contributed by atoms with Gasteiger partial charge in [-0.25, -0.2) is 0 Å². The molecule has 3 atom stereocenters. The number of carbonyl (C=O) groups is 5. The molecule has 0 radical (unpaired) electrons. The van der Waals surface area contributed by atoms with Crippen molar-refractivity contribution in [3.63, 3.8) is 0 Å². The summed E-state index contributed by atoms with van der Waals surface area (Å²) in [6.07, 6.45) is 2.65. The third-order valence-corrected chi connectivity index (χ3v) is 5.38. The predicted molar refractivity (Wildman–Crippen MR) is 133 cm³/mol. The summed E-state index contributed by atoms with van der Waals surface area (Å²) >= 11 is 0. The minimum atomic E-state index is -0.544. The van der Waals surface area contributed by atoms with Gasteiger partial charge in [0.2, 0.25) is 29.5 Å². The molecule has 0 aromatic heterocycles. The number of carbonyl (C=O) groups excluding carboxylic acids is 5. The van der Waals surface area contributed by atoms with Crippen LogP contribution in [0.4, 0.5) is 0 Å². The van der Waals surface area contributed by atoms with Gasteiger partial charge in [-0.05, 0) is 46.1 Å². The lowest BCUT2D eigenvalue weighted by atomic mass is 10.0. The first kappa shape index (κ1) is 30.3. The van der Waals surface area contributed by atoms with E-state index in [2.05, 4.69) is 47.4 Å². The Labute approximate surface area is 208 Å². The molecule has 1 fully saturated rings. The lowest BCUT2D eigenvalue weighted by molar-refractivity contribution is -0.130. The van der Waals surface area contributed by atoms with Crippen molar-refractivity contribution in [2.24, 2.45) is 5.92 Å². The van der Waals surface area contributed by atoms with E-state index in [1.807, 2.05) is 20.8 Å². The zero-order valence-corrected chi connectivity index (χ0v) is 22.2. The van der Waals surface area contributed by atoms with Gasteiger partial charge in [-0.1, -0.05) is 27.2 Å². The molecule has 1 aliphatic heterocycles. The molecular weight excluding hydrogens is 452 g/mol. The Balaban J connectivity index is 2.76. The third-order valence-electron chi connectivity index (χ3n) is 5.38. The molecule has 1 unspecified atom stereocenters. The fourth-order valence-corrected chi connectivity index (χ4v) is 3.79. The van der Waals surface area contributed by atoms with E-state index in [4.69, 9.17) is 0 Å². The number of amides is 5. The molecule has 0 spiro atoms. The summed E-state index contributed by atoms with van der Waals surface area (Å²) in [6.45, 7) is 13.2. The lowest BCUT2D eigenvalue weighted by Gasteiger charge is -2.25. The number of unbranched alkanes of at least 4 members (excludes halogenated alkanes) is 1. The highest BCUT2D eigenvalue weighted by molar-refractivity contribution is 5.91.